The van der Waals surface area contributed by atoms with Crippen LogP contribution in [0, 0.1) is 0 Å². The van der Waals surface area contributed by atoms with Crippen molar-refractivity contribution >= 4 is 11.8 Å². The lowest BCUT2D eigenvalue weighted by Gasteiger charge is -2.29. The molecular weight excluding hydrogens is 216 g/mol. The summed E-state index contributed by atoms with van der Waals surface area (Å²) in [6.07, 6.45) is 5.64. The molecule has 0 radical (unpaired) electrons. The molecule has 16 heavy (non-hydrogen) atoms. The zero-order chi connectivity index (χ0) is 11.4. The van der Waals surface area contributed by atoms with Crippen LogP contribution in [0.25, 0.3) is 0 Å². The summed E-state index contributed by atoms with van der Waals surface area (Å²) >= 11 is 2.17. The third-order valence-electron chi connectivity index (χ3n) is 3.90. The van der Waals surface area contributed by atoms with Crippen LogP contribution in [0.15, 0.2) is 0 Å². The zero-order valence-electron chi connectivity index (χ0n) is 10.7. The van der Waals surface area contributed by atoms with E-state index in [1.807, 2.05) is 0 Å². The Morgan fingerprint density at radius 3 is 3.06 bits per heavy atom. The molecule has 2 fully saturated rings. The lowest BCUT2D eigenvalue weighted by molar-refractivity contribution is 0.198. The first-order valence-corrected chi connectivity index (χ1v) is 7.93. The molecule has 0 amide bonds. The van der Waals surface area contributed by atoms with Gasteiger partial charge in [0.05, 0.1) is 0 Å². The van der Waals surface area contributed by atoms with Crippen molar-refractivity contribution in [1.29, 1.82) is 0 Å². The second-order valence-corrected chi connectivity index (χ2v) is 6.83. The van der Waals surface area contributed by atoms with Crippen molar-refractivity contribution in [2.45, 2.75) is 56.9 Å². The van der Waals surface area contributed by atoms with E-state index in [1.54, 1.807) is 0 Å². The minimum Gasteiger partial charge on any atom is -0.313 e. The SMILES string of the molecule is CCSC1CCC(N2CCCNC(C)C2)C1. The minimum absolute atomic E-state index is 0.681. The third kappa shape index (κ3) is 3.38. The molecule has 3 heteroatoms. The first-order chi connectivity index (χ1) is 7.79. The van der Waals surface area contributed by atoms with Crippen LogP contribution in [0.1, 0.15) is 39.5 Å². The largest absolute Gasteiger partial charge is 0.313 e. The zero-order valence-corrected chi connectivity index (χ0v) is 11.6. The molecule has 1 N–H and O–H groups in total. The molecule has 94 valence electrons. The quantitative estimate of drug-likeness (QED) is 0.818. The van der Waals surface area contributed by atoms with Gasteiger partial charge in [-0.1, -0.05) is 6.92 Å². The van der Waals surface area contributed by atoms with Crippen molar-refractivity contribution in [2.24, 2.45) is 0 Å². The number of nitrogens with one attached hydrogen (secondary N) is 1. The molecule has 1 saturated heterocycles. The van der Waals surface area contributed by atoms with E-state index < -0.39 is 0 Å². The summed E-state index contributed by atoms with van der Waals surface area (Å²) in [5.74, 6) is 1.29. The summed E-state index contributed by atoms with van der Waals surface area (Å²) in [6, 6.07) is 1.56. The number of thioether (sulfide) groups is 1. The normalized spacial score (nSPS) is 37.5. The molecule has 3 atom stereocenters. The van der Waals surface area contributed by atoms with Crippen LogP contribution in [0.2, 0.25) is 0 Å². The molecule has 0 aromatic rings. The Kier molecular flexibility index (Phi) is 4.98. The van der Waals surface area contributed by atoms with Crippen molar-refractivity contribution in [3.05, 3.63) is 0 Å². The summed E-state index contributed by atoms with van der Waals surface area (Å²) in [4.78, 5) is 2.75. The Hall–Kier alpha value is 0.270. The van der Waals surface area contributed by atoms with Gasteiger partial charge in [-0.05, 0) is 51.4 Å². The minimum atomic E-state index is 0.681. The fourth-order valence-electron chi connectivity index (χ4n) is 3.11. The van der Waals surface area contributed by atoms with Crippen LogP contribution in [-0.4, -0.2) is 47.6 Å². The second-order valence-electron chi connectivity index (χ2n) is 5.25. The first kappa shape index (κ1) is 12.7. The van der Waals surface area contributed by atoms with Gasteiger partial charge in [-0.25, -0.2) is 0 Å². The average Bonchev–Trinajstić information content (AvgIpc) is 2.61. The van der Waals surface area contributed by atoms with E-state index in [0.717, 1.165) is 11.3 Å². The number of rotatable bonds is 3. The highest BCUT2D eigenvalue weighted by molar-refractivity contribution is 7.99. The maximum absolute atomic E-state index is 3.59. The van der Waals surface area contributed by atoms with Crippen LogP contribution in [0.4, 0.5) is 0 Å². The first-order valence-electron chi connectivity index (χ1n) is 6.88. The monoisotopic (exact) mass is 242 g/mol. The highest BCUT2D eigenvalue weighted by Crippen LogP contribution is 2.32. The molecule has 1 aliphatic heterocycles. The Morgan fingerprint density at radius 1 is 1.38 bits per heavy atom. The molecule has 2 nitrogen and oxygen atoms in total. The van der Waals surface area contributed by atoms with Gasteiger partial charge in [0.15, 0.2) is 0 Å². The lowest BCUT2D eigenvalue weighted by atomic mass is 10.2. The van der Waals surface area contributed by atoms with Crippen LogP contribution in [-0.2, 0) is 0 Å². The van der Waals surface area contributed by atoms with Crippen LogP contribution >= 0.6 is 11.8 Å². The fraction of sp³-hybridized carbons (Fsp3) is 1.00. The highest BCUT2D eigenvalue weighted by Gasteiger charge is 2.30. The van der Waals surface area contributed by atoms with Crippen LogP contribution < -0.4 is 5.32 Å². The predicted molar refractivity (Wildman–Crippen MR) is 73.2 cm³/mol. The van der Waals surface area contributed by atoms with Gasteiger partial charge >= 0.3 is 0 Å². The van der Waals surface area contributed by atoms with Crippen molar-refractivity contribution in [2.75, 3.05) is 25.4 Å². The lowest BCUT2D eigenvalue weighted by Crippen LogP contribution is -2.40. The second kappa shape index (κ2) is 6.27. The molecule has 0 bridgehead atoms. The summed E-state index contributed by atoms with van der Waals surface area (Å²) in [6.45, 7) is 8.39. The fourth-order valence-corrected chi connectivity index (χ4v) is 4.24. The molecule has 2 rings (SSSR count). The Morgan fingerprint density at radius 2 is 2.25 bits per heavy atom. The van der Waals surface area contributed by atoms with Gasteiger partial charge in [0.2, 0.25) is 0 Å². The number of hydrogen-bond donors (Lipinski definition) is 1. The molecule has 1 aliphatic carbocycles. The molecule has 1 heterocycles. The predicted octanol–water partition coefficient (Wildman–Crippen LogP) is 2.34. The number of hydrogen-bond acceptors (Lipinski definition) is 3. The molecule has 0 spiro atoms. The van der Waals surface area contributed by atoms with E-state index in [1.165, 1.54) is 51.1 Å². The van der Waals surface area contributed by atoms with E-state index in [0.29, 0.717) is 6.04 Å². The van der Waals surface area contributed by atoms with Gasteiger partial charge in [-0.2, -0.15) is 11.8 Å². The summed E-state index contributed by atoms with van der Waals surface area (Å²) < 4.78 is 0. The van der Waals surface area contributed by atoms with E-state index in [4.69, 9.17) is 0 Å². The molecule has 1 saturated carbocycles. The molecule has 0 aromatic carbocycles. The Labute approximate surface area is 105 Å². The van der Waals surface area contributed by atoms with Gasteiger partial charge in [-0.3, -0.25) is 4.90 Å². The van der Waals surface area contributed by atoms with Crippen LogP contribution in [0.5, 0.6) is 0 Å². The summed E-state index contributed by atoms with van der Waals surface area (Å²) in [5, 5.41) is 4.53. The maximum atomic E-state index is 3.59. The van der Waals surface area contributed by atoms with Gasteiger partial charge in [0, 0.05) is 23.9 Å². The highest BCUT2D eigenvalue weighted by atomic mass is 32.2. The Balaban J connectivity index is 1.82. The van der Waals surface area contributed by atoms with Crippen molar-refractivity contribution < 1.29 is 0 Å². The van der Waals surface area contributed by atoms with Crippen LogP contribution in [0.3, 0.4) is 0 Å². The average molecular weight is 242 g/mol. The standard InChI is InChI=1S/C13H26N2S/c1-3-16-13-6-5-12(9-13)15-8-4-7-14-11(2)10-15/h11-14H,3-10H2,1-2H3. The summed E-state index contributed by atoms with van der Waals surface area (Å²) in [5.41, 5.74) is 0. The van der Waals surface area contributed by atoms with E-state index in [9.17, 15) is 0 Å². The molecular formula is C13H26N2S. The van der Waals surface area contributed by atoms with E-state index in [-0.39, 0.29) is 0 Å². The third-order valence-corrected chi connectivity index (χ3v) is 5.13. The topological polar surface area (TPSA) is 15.3 Å². The van der Waals surface area contributed by atoms with Gasteiger partial charge in [0.1, 0.15) is 0 Å². The van der Waals surface area contributed by atoms with Gasteiger partial charge < -0.3 is 5.32 Å². The summed E-state index contributed by atoms with van der Waals surface area (Å²) in [7, 11) is 0. The van der Waals surface area contributed by atoms with Gasteiger partial charge in [-0.15, -0.1) is 0 Å². The number of nitrogens with zero attached hydrogens (tertiary/aromatic N) is 1. The molecule has 0 aromatic heterocycles. The van der Waals surface area contributed by atoms with Crippen molar-refractivity contribution in [3.63, 3.8) is 0 Å². The van der Waals surface area contributed by atoms with E-state index in [2.05, 4.69) is 35.8 Å². The molecule has 3 unspecified atom stereocenters. The Bertz CT molecular complexity index is 210. The van der Waals surface area contributed by atoms with Crippen molar-refractivity contribution in [1.82, 2.24) is 10.2 Å². The van der Waals surface area contributed by atoms with Crippen molar-refractivity contribution in [3.8, 4) is 0 Å². The smallest absolute Gasteiger partial charge is 0.0166 e. The maximum Gasteiger partial charge on any atom is 0.0166 e. The molecule has 2 aliphatic rings. The van der Waals surface area contributed by atoms with Gasteiger partial charge in [0.25, 0.3) is 0 Å². The van der Waals surface area contributed by atoms with E-state index >= 15 is 0 Å².